The van der Waals surface area contributed by atoms with Crippen molar-refractivity contribution in [2.24, 2.45) is 5.73 Å². The summed E-state index contributed by atoms with van der Waals surface area (Å²) in [4.78, 5) is 0. The van der Waals surface area contributed by atoms with Gasteiger partial charge in [-0.1, -0.05) is 0 Å². The summed E-state index contributed by atoms with van der Waals surface area (Å²) in [6, 6.07) is 0. The number of ether oxygens (including phenoxy) is 2. The predicted octanol–water partition coefficient (Wildman–Crippen LogP) is 1.45. The van der Waals surface area contributed by atoms with E-state index >= 15 is 0 Å². The molecular formula is C11H21NO2. The summed E-state index contributed by atoms with van der Waals surface area (Å²) >= 11 is 0. The number of hydrogen-bond donors (Lipinski definition) is 1. The molecule has 0 radical (unpaired) electrons. The molecule has 82 valence electrons. The quantitative estimate of drug-likeness (QED) is 0.745. The summed E-state index contributed by atoms with van der Waals surface area (Å²) < 4.78 is 10.9. The van der Waals surface area contributed by atoms with Crippen LogP contribution in [-0.4, -0.2) is 31.5 Å². The summed E-state index contributed by atoms with van der Waals surface area (Å²) in [6.45, 7) is 2.55. The lowest BCUT2D eigenvalue weighted by Crippen LogP contribution is -2.40. The minimum absolute atomic E-state index is 0.0292. The molecule has 3 nitrogen and oxygen atoms in total. The zero-order chi connectivity index (χ0) is 9.86. The van der Waals surface area contributed by atoms with Gasteiger partial charge in [-0.3, -0.25) is 0 Å². The van der Waals surface area contributed by atoms with E-state index in [2.05, 4.69) is 0 Å². The lowest BCUT2D eigenvalue weighted by molar-refractivity contribution is 0.0992. The van der Waals surface area contributed by atoms with Gasteiger partial charge in [0.1, 0.15) is 0 Å². The molecule has 2 N–H and O–H groups in total. The zero-order valence-corrected chi connectivity index (χ0v) is 8.84. The first-order valence-corrected chi connectivity index (χ1v) is 5.77. The molecule has 0 saturated carbocycles. The van der Waals surface area contributed by atoms with Crippen LogP contribution in [0.3, 0.4) is 0 Å². The van der Waals surface area contributed by atoms with Crippen LogP contribution in [0.5, 0.6) is 0 Å². The first-order chi connectivity index (χ1) is 6.79. The molecular weight excluding hydrogens is 178 g/mol. The van der Waals surface area contributed by atoms with Gasteiger partial charge in [0.15, 0.2) is 0 Å². The highest BCUT2D eigenvalue weighted by molar-refractivity contribution is 4.87. The standard InChI is InChI=1S/C11H21NO2/c12-11(6-8-13-9-11)5-1-3-10-4-2-7-14-10/h10H,1-9,12H2. The fraction of sp³-hybridized carbons (Fsp3) is 1.00. The second kappa shape index (κ2) is 4.60. The van der Waals surface area contributed by atoms with Gasteiger partial charge >= 0.3 is 0 Å². The van der Waals surface area contributed by atoms with Crippen molar-refractivity contribution >= 4 is 0 Å². The molecule has 2 aliphatic rings. The maximum Gasteiger partial charge on any atom is 0.0647 e. The Balaban J connectivity index is 1.61. The Morgan fingerprint density at radius 1 is 1.36 bits per heavy atom. The van der Waals surface area contributed by atoms with Gasteiger partial charge in [0.05, 0.1) is 12.7 Å². The summed E-state index contributed by atoms with van der Waals surface area (Å²) in [5.74, 6) is 0. The van der Waals surface area contributed by atoms with Crippen LogP contribution in [0, 0.1) is 0 Å². The molecule has 0 spiro atoms. The van der Waals surface area contributed by atoms with Crippen molar-refractivity contribution in [2.75, 3.05) is 19.8 Å². The lowest BCUT2D eigenvalue weighted by atomic mass is 9.92. The average molecular weight is 199 g/mol. The predicted molar refractivity (Wildman–Crippen MR) is 55.2 cm³/mol. The zero-order valence-electron chi connectivity index (χ0n) is 8.84. The second-order valence-electron chi connectivity index (χ2n) is 4.69. The first-order valence-electron chi connectivity index (χ1n) is 5.77. The van der Waals surface area contributed by atoms with Crippen LogP contribution in [0.15, 0.2) is 0 Å². The highest BCUT2D eigenvalue weighted by Gasteiger charge is 2.30. The van der Waals surface area contributed by atoms with Crippen molar-refractivity contribution in [2.45, 2.75) is 50.2 Å². The Morgan fingerprint density at radius 3 is 2.93 bits per heavy atom. The van der Waals surface area contributed by atoms with Gasteiger partial charge < -0.3 is 15.2 Å². The minimum atomic E-state index is -0.0292. The van der Waals surface area contributed by atoms with Gasteiger partial charge in [-0.25, -0.2) is 0 Å². The molecule has 2 fully saturated rings. The molecule has 2 aliphatic heterocycles. The molecule has 0 aliphatic carbocycles. The van der Waals surface area contributed by atoms with Gasteiger partial charge in [-0.05, 0) is 38.5 Å². The van der Waals surface area contributed by atoms with Crippen LogP contribution < -0.4 is 5.73 Å². The van der Waals surface area contributed by atoms with Gasteiger partial charge in [-0.2, -0.15) is 0 Å². The van der Waals surface area contributed by atoms with E-state index in [9.17, 15) is 0 Å². The monoisotopic (exact) mass is 199 g/mol. The van der Waals surface area contributed by atoms with E-state index < -0.39 is 0 Å². The van der Waals surface area contributed by atoms with Crippen LogP contribution in [0.4, 0.5) is 0 Å². The van der Waals surface area contributed by atoms with Crippen molar-refractivity contribution in [1.29, 1.82) is 0 Å². The van der Waals surface area contributed by atoms with Gasteiger partial charge in [-0.15, -0.1) is 0 Å². The van der Waals surface area contributed by atoms with Crippen LogP contribution in [0.1, 0.15) is 38.5 Å². The van der Waals surface area contributed by atoms with Crippen LogP contribution in [-0.2, 0) is 9.47 Å². The Kier molecular flexibility index (Phi) is 3.42. The average Bonchev–Trinajstić information content (AvgIpc) is 2.77. The van der Waals surface area contributed by atoms with Crippen molar-refractivity contribution < 1.29 is 9.47 Å². The minimum Gasteiger partial charge on any atom is -0.379 e. The van der Waals surface area contributed by atoms with Gasteiger partial charge in [0.25, 0.3) is 0 Å². The Labute approximate surface area is 85.9 Å². The Morgan fingerprint density at radius 2 is 2.29 bits per heavy atom. The normalized spacial score (nSPS) is 37.9. The highest BCUT2D eigenvalue weighted by Crippen LogP contribution is 2.24. The smallest absolute Gasteiger partial charge is 0.0647 e. The molecule has 2 saturated heterocycles. The van der Waals surface area contributed by atoms with Crippen LogP contribution in [0.25, 0.3) is 0 Å². The lowest BCUT2D eigenvalue weighted by Gasteiger charge is -2.22. The third kappa shape index (κ3) is 2.69. The van der Waals surface area contributed by atoms with Crippen molar-refractivity contribution in [3.05, 3.63) is 0 Å². The maximum absolute atomic E-state index is 6.18. The van der Waals surface area contributed by atoms with Crippen molar-refractivity contribution in [1.82, 2.24) is 0 Å². The molecule has 2 unspecified atom stereocenters. The summed E-state index contributed by atoms with van der Waals surface area (Å²) in [7, 11) is 0. The van der Waals surface area contributed by atoms with Gasteiger partial charge in [0.2, 0.25) is 0 Å². The van der Waals surface area contributed by atoms with Crippen molar-refractivity contribution in [3.8, 4) is 0 Å². The molecule has 0 bridgehead atoms. The summed E-state index contributed by atoms with van der Waals surface area (Å²) in [5, 5.41) is 0. The largest absolute Gasteiger partial charge is 0.379 e. The summed E-state index contributed by atoms with van der Waals surface area (Å²) in [6.07, 6.45) is 7.48. The number of nitrogens with two attached hydrogens (primary N) is 1. The molecule has 2 atom stereocenters. The van der Waals surface area contributed by atoms with Crippen LogP contribution in [0.2, 0.25) is 0 Å². The fourth-order valence-corrected chi connectivity index (χ4v) is 2.37. The molecule has 0 aromatic heterocycles. The molecule has 0 aromatic rings. The molecule has 3 heteroatoms. The number of rotatable bonds is 4. The van der Waals surface area contributed by atoms with Crippen LogP contribution >= 0.6 is 0 Å². The van der Waals surface area contributed by atoms with E-state index in [1.807, 2.05) is 0 Å². The first kappa shape index (κ1) is 10.4. The molecule has 0 aromatic carbocycles. The Bertz CT molecular complexity index is 172. The molecule has 14 heavy (non-hydrogen) atoms. The fourth-order valence-electron chi connectivity index (χ4n) is 2.37. The van der Waals surface area contributed by atoms with Gasteiger partial charge in [0, 0.05) is 18.8 Å². The third-order valence-electron chi connectivity index (χ3n) is 3.36. The SMILES string of the molecule is NC1(CCCC2CCCO2)CCOC1. The number of hydrogen-bond acceptors (Lipinski definition) is 3. The van der Waals surface area contributed by atoms with E-state index in [0.29, 0.717) is 6.10 Å². The second-order valence-corrected chi connectivity index (χ2v) is 4.69. The Hall–Kier alpha value is -0.120. The van der Waals surface area contributed by atoms with Crippen molar-refractivity contribution in [3.63, 3.8) is 0 Å². The highest BCUT2D eigenvalue weighted by atomic mass is 16.5. The van der Waals surface area contributed by atoms with E-state index in [0.717, 1.165) is 32.7 Å². The topological polar surface area (TPSA) is 44.5 Å². The van der Waals surface area contributed by atoms with E-state index in [1.54, 1.807) is 0 Å². The molecule has 2 rings (SSSR count). The third-order valence-corrected chi connectivity index (χ3v) is 3.36. The molecule has 2 heterocycles. The maximum atomic E-state index is 6.18. The van der Waals surface area contributed by atoms with E-state index in [-0.39, 0.29) is 5.54 Å². The van der Waals surface area contributed by atoms with E-state index in [1.165, 1.54) is 25.7 Å². The van der Waals surface area contributed by atoms with E-state index in [4.69, 9.17) is 15.2 Å². The molecule has 0 amide bonds. The summed E-state index contributed by atoms with van der Waals surface area (Å²) in [5.41, 5.74) is 6.15.